The standard InChI is InChI=1S/C14H17N3O2/c1-5-19-14(18)12-15-13(17(4)16-12)11-7-9(2)6-10(3)8-11/h6-8H,5H2,1-4H3. The minimum atomic E-state index is -0.492. The third-order valence-electron chi connectivity index (χ3n) is 2.70. The van der Waals surface area contributed by atoms with E-state index in [9.17, 15) is 4.79 Å². The molecule has 1 aromatic carbocycles. The van der Waals surface area contributed by atoms with Gasteiger partial charge in [-0.1, -0.05) is 17.2 Å². The van der Waals surface area contributed by atoms with Crippen molar-refractivity contribution < 1.29 is 9.53 Å². The van der Waals surface area contributed by atoms with Crippen LogP contribution in [-0.2, 0) is 11.8 Å². The van der Waals surface area contributed by atoms with Crippen molar-refractivity contribution in [1.82, 2.24) is 14.8 Å². The molecular weight excluding hydrogens is 242 g/mol. The summed E-state index contributed by atoms with van der Waals surface area (Å²) in [6, 6.07) is 6.13. The molecule has 1 aromatic heterocycles. The Kier molecular flexibility index (Phi) is 3.64. The number of hydrogen-bond acceptors (Lipinski definition) is 4. The van der Waals surface area contributed by atoms with Crippen molar-refractivity contribution in [2.45, 2.75) is 20.8 Å². The summed E-state index contributed by atoms with van der Waals surface area (Å²) in [6.45, 7) is 6.12. The summed E-state index contributed by atoms with van der Waals surface area (Å²) in [6.07, 6.45) is 0. The minimum Gasteiger partial charge on any atom is -0.460 e. The molecule has 5 nitrogen and oxygen atoms in total. The van der Waals surface area contributed by atoms with Crippen molar-refractivity contribution in [2.24, 2.45) is 7.05 Å². The molecule has 0 aliphatic heterocycles. The summed E-state index contributed by atoms with van der Waals surface area (Å²) < 4.78 is 6.50. The zero-order chi connectivity index (χ0) is 14.0. The van der Waals surface area contributed by atoms with Gasteiger partial charge in [-0.2, -0.15) is 0 Å². The second-order valence-corrected chi connectivity index (χ2v) is 4.48. The second kappa shape index (κ2) is 5.22. The Balaban J connectivity index is 2.42. The molecule has 0 aliphatic rings. The van der Waals surface area contributed by atoms with Crippen LogP contribution in [0.4, 0.5) is 0 Å². The lowest BCUT2D eigenvalue weighted by atomic mass is 10.1. The summed E-state index contributed by atoms with van der Waals surface area (Å²) in [7, 11) is 1.77. The second-order valence-electron chi connectivity index (χ2n) is 4.48. The Morgan fingerprint density at radius 1 is 1.26 bits per heavy atom. The molecule has 0 saturated heterocycles. The normalized spacial score (nSPS) is 10.5. The summed E-state index contributed by atoms with van der Waals surface area (Å²) in [5.41, 5.74) is 3.24. The van der Waals surface area contributed by atoms with Crippen LogP contribution >= 0.6 is 0 Å². The van der Waals surface area contributed by atoms with Crippen molar-refractivity contribution >= 4 is 5.97 Å². The largest absolute Gasteiger partial charge is 0.460 e. The summed E-state index contributed by atoms with van der Waals surface area (Å²) in [5.74, 6) is 0.266. The Bertz CT molecular complexity index is 597. The summed E-state index contributed by atoms with van der Waals surface area (Å²) >= 11 is 0. The maximum absolute atomic E-state index is 11.6. The van der Waals surface area contributed by atoms with Gasteiger partial charge in [-0.15, -0.1) is 5.10 Å². The Labute approximate surface area is 112 Å². The van der Waals surface area contributed by atoms with Gasteiger partial charge < -0.3 is 4.74 Å². The number of rotatable bonds is 3. The van der Waals surface area contributed by atoms with Gasteiger partial charge in [0.1, 0.15) is 0 Å². The molecule has 2 aromatic rings. The van der Waals surface area contributed by atoms with Gasteiger partial charge in [0.15, 0.2) is 5.82 Å². The average Bonchev–Trinajstić information content (AvgIpc) is 2.70. The smallest absolute Gasteiger partial charge is 0.378 e. The first-order valence-corrected chi connectivity index (χ1v) is 6.18. The molecule has 0 N–H and O–H groups in total. The van der Waals surface area contributed by atoms with E-state index in [2.05, 4.69) is 16.1 Å². The van der Waals surface area contributed by atoms with Crippen LogP contribution in [0.3, 0.4) is 0 Å². The molecule has 0 unspecified atom stereocenters. The Hall–Kier alpha value is -2.17. The molecule has 0 radical (unpaired) electrons. The van der Waals surface area contributed by atoms with Crippen LogP contribution in [0, 0.1) is 13.8 Å². The van der Waals surface area contributed by atoms with E-state index in [0.717, 1.165) is 16.7 Å². The molecule has 1 heterocycles. The van der Waals surface area contributed by atoms with E-state index in [1.807, 2.05) is 26.0 Å². The van der Waals surface area contributed by atoms with Gasteiger partial charge in [-0.05, 0) is 32.9 Å². The highest BCUT2D eigenvalue weighted by molar-refractivity contribution is 5.85. The maximum Gasteiger partial charge on any atom is 0.378 e. The zero-order valence-corrected chi connectivity index (χ0v) is 11.6. The van der Waals surface area contributed by atoms with E-state index in [1.165, 1.54) is 0 Å². The Morgan fingerprint density at radius 3 is 2.47 bits per heavy atom. The van der Waals surface area contributed by atoms with Crippen LogP contribution in [0.1, 0.15) is 28.7 Å². The van der Waals surface area contributed by atoms with E-state index >= 15 is 0 Å². The highest BCUT2D eigenvalue weighted by Crippen LogP contribution is 2.20. The van der Waals surface area contributed by atoms with Crippen LogP contribution in [0.5, 0.6) is 0 Å². The molecule has 0 saturated carbocycles. The van der Waals surface area contributed by atoms with Crippen molar-refractivity contribution in [2.75, 3.05) is 6.61 Å². The van der Waals surface area contributed by atoms with Crippen molar-refractivity contribution in [3.8, 4) is 11.4 Å². The average molecular weight is 259 g/mol. The lowest BCUT2D eigenvalue weighted by molar-refractivity contribution is 0.0512. The monoisotopic (exact) mass is 259 g/mol. The third kappa shape index (κ3) is 2.81. The Morgan fingerprint density at radius 2 is 1.89 bits per heavy atom. The molecule has 100 valence electrons. The maximum atomic E-state index is 11.6. The van der Waals surface area contributed by atoms with Gasteiger partial charge in [0.25, 0.3) is 5.82 Å². The van der Waals surface area contributed by atoms with Gasteiger partial charge in [-0.25, -0.2) is 14.5 Å². The molecule has 0 fully saturated rings. The number of hydrogen-bond donors (Lipinski definition) is 0. The van der Waals surface area contributed by atoms with E-state index in [-0.39, 0.29) is 5.82 Å². The van der Waals surface area contributed by atoms with Gasteiger partial charge in [-0.3, -0.25) is 0 Å². The number of ether oxygens (including phenoxy) is 1. The molecule has 2 rings (SSSR count). The van der Waals surface area contributed by atoms with Gasteiger partial charge >= 0.3 is 5.97 Å². The first-order chi connectivity index (χ1) is 9.01. The van der Waals surface area contributed by atoms with Crippen LogP contribution in [0.15, 0.2) is 18.2 Å². The van der Waals surface area contributed by atoms with Crippen LogP contribution in [0.2, 0.25) is 0 Å². The fraction of sp³-hybridized carbons (Fsp3) is 0.357. The number of aromatic nitrogens is 3. The first kappa shape index (κ1) is 13.3. The molecule has 5 heteroatoms. The first-order valence-electron chi connectivity index (χ1n) is 6.18. The quantitative estimate of drug-likeness (QED) is 0.793. The van der Waals surface area contributed by atoms with Crippen molar-refractivity contribution in [3.63, 3.8) is 0 Å². The SMILES string of the molecule is CCOC(=O)c1nc(-c2cc(C)cc(C)c2)n(C)n1. The number of carbonyl (C=O) groups is 1. The number of aryl methyl sites for hydroxylation is 3. The van der Waals surface area contributed by atoms with Gasteiger partial charge in [0.2, 0.25) is 0 Å². The predicted octanol–water partition coefficient (Wildman–Crippen LogP) is 2.28. The molecule has 0 spiro atoms. The molecule has 0 aliphatic carbocycles. The van der Waals surface area contributed by atoms with Crippen LogP contribution < -0.4 is 0 Å². The van der Waals surface area contributed by atoms with E-state index in [1.54, 1.807) is 18.7 Å². The molecule has 0 atom stereocenters. The fourth-order valence-electron chi connectivity index (χ4n) is 2.02. The molecule has 0 amide bonds. The summed E-state index contributed by atoms with van der Waals surface area (Å²) in [4.78, 5) is 15.9. The molecule has 0 bridgehead atoms. The lowest BCUT2D eigenvalue weighted by Gasteiger charge is -2.03. The minimum absolute atomic E-state index is 0.0958. The van der Waals surface area contributed by atoms with E-state index < -0.39 is 5.97 Å². The number of benzene rings is 1. The number of carbonyl (C=O) groups excluding carboxylic acids is 1. The number of esters is 1. The summed E-state index contributed by atoms with van der Waals surface area (Å²) in [5, 5.41) is 4.10. The van der Waals surface area contributed by atoms with Gasteiger partial charge in [0.05, 0.1) is 6.61 Å². The topological polar surface area (TPSA) is 57.0 Å². The van der Waals surface area contributed by atoms with Crippen molar-refractivity contribution in [1.29, 1.82) is 0 Å². The van der Waals surface area contributed by atoms with Crippen LogP contribution in [-0.4, -0.2) is 27.3 Å². The van der Waals surface area contributed by atoms with Crippen LogP contribution in [0.25, 0.3) is 11.4 Å². The lowest BCUT2D eigenvalue weighted by Crippen LogP contribution is -2.07. The van der Waals surface area contributed by atoms with Crippen molar-refractivity contribution in [3.05, 3.63) is 35.2 Å². The van der Waals surface area contributed by atoms with Gasteiger partial charge in [0, 0.05) is 12.6 Å². The third-order valence-corrected chi connectivity index (χ3v) is 2.70. The molecular formula is C14H17N3O2. The zero-order valence-electron chi connectivity index (χ0n) is 11.6. The van der Waals surface area contributed by atoms with E-state index in [4.69, 9.17) is 4.74 Å². The predicted molar refractivity (Wildman–Crippen MR) is 71.9 cm³/mol. The molecule has 19 heavy (non-hydrogen) atoms. The highest BCUT2D eigenvalue weighted by atomic mass is 16.5. The highest BCUT2D eigenvalue weighted by Gasteiger charge is 2.17. The number of nitrogens with zero attached hydrogens (tertiary/aromatic N) is 3. The van der Waals surface area contributed by atoms with E-state index in [0.29, 0.717) is 12.4 Å². The fourth-order valence-corrected chi connectivity index (χ4v) is 2.02.